The van der Waals surface area contributed by atoms with Crippen LogP contribution in [0.15, 0.2) is 40.8 Å². The van der Waals surface area contributed by atoms with E-state index < -0.39 is 0 Å². The van der Waals surface area contributed by atoms with Gasteiger partial charge in [0.05, 0.1) is 13.2 Å². The van der Waals surface area contributed by atoms with Crippen LogP contribution in [0.1, 0.15) is 24.5 Å². The number of hydrogen-bond donors (Lipinski definition) is 2. The lowest BCUT2D eigenvalue weighted by atomic mass is 10.2. The first kappa shape index (κ1) is 14.0. The molecule has 0 aliphatic heterocycles. The average molecular weight is 274 g/mol. The van der Waals surface area contributed by atoms with Crippen molar-refractivity contribution in [3.8, 4) is 5.75 Å². The predicted molar refractivity (Wildman–Crippen MR) is 77.0 cm³/mol. The monoisotopic (exact) mass is 274 g/mol. The normalized spacial score (nSPS) is 11.8. The summed E-state index contributed by atoms with van der Waals surface area (Å²) in [4.78, 5) is 11.9. The standard InChI is InChI=1S/C15H18N2O3/c1-10-4-9-14(20-10)11(2)16-15(18)17-12-5-7-13(19-3)8-6-12/h4-9,11H,1-3H3,(H2,16,17,18)/t11-/m0/s1. The molecule has 1 aromatic heterocycles. The fraction of sp³-hybridized carbons (Fsp3) is 0.267. The third-order valence-corrected chi connectivity index (χ3v) is 2.88. The van der Waals surface area contributed by atoms with Crippen LogP contribution in [0, 0.1) is 6.92 Å². The molecular weight excluding hydrogens is 256 g/mol. The van der Waals surface area contributed by atoms with Gasteiger partial charge in [0, 0.05) is 5.69 Å². The van der Waals surface area contributed by atoms with Crippen molar-refractivity contribution in [2.45, 2.75) is 19.9 Å². The highest BCUT2D eigenvalue weighted by Gasteiger charge is 2.12. The predicted octanol–water partition coefficient (Wildman–Crippen LogP) is 3.48. The summed E-state index contributed by atoms with van der Waals surface area (Å²) in [7, 11) is 1.60. The van der Waals surface area contributed by atoms with Crippen LogP contribution >= 0.6 is 0 Å². The number of urea groups is 1. The van der Waals surface area contributed by atoms with E-state index in [4.69, 9.17) is 9.15 Å². The first-order valence-electron chi connectivity index (χ1n) is 6.36. The lowest BCUT2D eigenvalue weighted by Gasteiger charge is -2.12. The second kappa shape index (κ2) is 6.14. The summed E-state index contributed by atoms with van der Waals surface area (Å²) >= 11 is 0. The number of furan rings is 1. The number of nitrogens with one attached hydrogen (secondary N) is 2. The van der Waals surface area contributed by atoms with Crippen LogP contribution in [0.5, 0.6) is 5.75 Å². The highest BCUT2D eigenvalue weighted by molar-refractivity contribution is 5.89. The van der Waals surface area contributed by atoms with Gasteiger partial charge in [0.2, 0.25) is 0 Å². The Bertz CT molecular complexity index is 575. The number of carbonyl (C=O) groups excluding carboxylic acids is 1. The van der Waals surface area contributed by atoms with E-state index in [0.29, 0.717) is 5.69 Å². The molecule has 2 N–H and O–H groups in total. The third-order valence-electron chi connectivity index (χ3n) is 2.88. The SMILES string of the molecule is COc1ccc(NC(=O)N[C@@H](C)c2ccc(C)o2)cc1. The molecule has 2 amide bonds. The number of ether oxygens (including phenoxy) is 1. The number of aryl methyl sites for hydroxylation is 1. The first-order chi connectivity index (χ1) is 9.58. The summed E-state index contributed by atoms with van der Waals surface area (Å²) in [6.45, 7) is 3.74. The van der Waals surface area contributed by atoms with Crippen LogP contribution in [-0.2, 0) is 0 Å². The van der Waals surface area contributed by atoms with Crippen LogP contribution in [-0.4, -0.2) is 13.1 Å². The summed E-state index contributed by atoms with van der Waals surface area (Å²) < 4.78 is 10.5. The summed E-state index contributed by atoms with van der Waals surface area (Å²) in [5.41, 5.74) is 0.700. The Morgan fingerprint density at radius 2 is 1.90 bits per heavy atom. The van der Waals surface area contributed by atoms with Gasteiger partial charge in [0.25, 0.3) is 0 Å². The van der Waals surface area contributed by atoms with E-state index in [9.17, 15) is 4.79 Å². The van der Waals surface area contributed by atoms with Crippen LogP contribution < -0.4 is 15.4 Å². The lowest BCUT2D eigenvalue weighted by Crippen LogP contribution is -2.30. The Labute approximate surface area is 117 Å². The quantitative estimate of drug-likeness (QED) is 0.897. The number of hydrogen-bond acceptors (Lipinski definition) is 3. The molecule has 0 radical (unpaired) electrons. The number of rotatable bonds is 4. The molecule has 2 rings (SSSR count). The fourth-order valence-corrected chi connectivity index (χ4v) is 1.80. The molecule has 20 heavy (non-hydrogen) atoms. The molecule has 0 bridgehead atoms. The van der Waals surface area contributed by atoms with Crippen LogP contribution in [0.25, 0.3) is 0 Å². The number of methoxy groups -OCH3 is 1. The van der Waals surface area contributed by atoms with Crippen molar-refractivity contribution in [3.63, 3.8) is 0 Å². The maximum atomic E-state index is 11.9. The van der Waals surface area contributed by atoms with Gasteiger partial charge >= 0.3 is 6.03 Å². The third kappa shape index (κ3) is 3.54. The van der Waals surface area contributed by atoms with E-state index in [-0.39, 0.29) is 12.1 Å². The summed E-state index contributed by atoms with van der Waals surface area (Å²) in [6, 6.07) is 10.4. The van der Waals surface area contributed by atoms with E-state index in [0.717, 1.165) is 17.3 Å². The van der Waals surface area contributed by atoms with Crippen molar-refractivity contribution >= 4 is 11.7 Å². The molecule has 0 fully saturated rings. The van der Waals surface area contributed by atoms with Gasteiger partial charge in [-0.15, -0.1) is 0 Å². The van der Waals surface area contributed by atoms with Gasteiger partial charge in [-0.25, -0.2) is 4.79 Å². The Morgan fingerprint density at radius 3 is 2.45 bits per heavy atom. The van der Waals surface area contributed by atoms with E-state index in [1.807, 2.05) is 26.0 Å². The number of amides is 2. The molecule has 0 aliphatic rings. The first-order valence-corrected chi connectivity index (χ1v) is 6.36. The Morgan fingerprint density at radius 1 is 1.20 bits per heavy atom. The van der Waals surface area contributed by atoms with Crippen molar-refractivity contribution < 1.29 is 13.9 Å². The van der Waals surface area contributed by atoms with Gasteiger partial charge in [-0.2, -0.15) is 0 Å². The minimum atomic E-state index is -0.281. The van der Waals surface area contributed by atoms with Crippen LogP contribution in [0.4, 0.5) is 10.5 Å². The van der Waals surface area contributed by atoms with Crippen molar-refractivity contribution in [1.29, 1.82) is 0 Å². The minimum Gasteiger partial charge on any atom is -0.497 e. The highest BCUT2D eigenvalue weighted by Crippen LogP contribution is 2.17. The van der Waals surface area contributed by atoms with E-state index in [2.05, 4.69) is 10.6 Å². The van der Waals surface area contributed by atoms with Gasteiger partial charge in [0.1, 0.15) is 17.3 Å². The van der Waals surface area contributed by atoms with Crippen molar-refractivity contribution in [1.82, 2.24) is 5.32 Å². The van der Waals surface area contributed by atoms with E-state index in [1.165, 1.54) is 0 Å². The molecule has 1 atom stereocenters. The van der Waals surface area contributed by atoms with Crippen molar-refractivity contribution in [2.75, 3.05) is 12.4 Å². The fourth-order valence-electron chi connectivity index (χ4n) is 1.80. The molecule has 1 heterocycles. The summed E-state index contributed by atoms with van der Waals surface area (Å²) in [5, 5.41) is 5.56. The van der Waals surface area contributed by atoms with Crippen LogP contribution in [0.3, 0.4) is 0 Å². The molecule has 5 heteroatoms. The largest absolute Gasteiger partial charge is 0.497 e. The minimum absolute atomic E-state index is 0.193. The average Bonchev–Trinajstić information content (AvgIpc) is 2.86. The smallest absolute Gasteiger partial charge is 0.319 e. The molecule has 106 valence electrons. The van der Waals surface area contributed by atoms with E-state index >= 15 is 0 Å². The van der Waals surface area contributed by atoms with E-state index in [1.54, 1.807) is 31.4 Å². The molecule has 0 saturated carbocycles. The molecule has 0 unspecified atom stereocenters. The maximum Gasteiger partial charge on any atom is 0.319 e. The second-order valence-electron chi connectivity index (χ2n) is 4.50. The van der Waals surface area contributed by atoms with Crippen molar-refractivity contribution in [2.24, 2.45) is 0 Å². The van der Waals surface area contributed by atoms with Gasteiger partial charge in [-0.1, -0.05) is 0 Å². The number of benzene rings is 1. The lowest BCUT2D eigenvalue weighted by molar-refractivity contribution is 0.247. The molecule has 0 aliphatic carbocycles. The molecule has 1 aromatic carbocycles. The highest BCUT2D eigenvalue weighted by atomic mass is 16.5. The Kier molecular flexibility index (Phi) is 4.30. The topological polar surface area (TPSA) is 63.5 Å². The van der Waals surface area contributed by atoms with Gasteiger partial charge < -0.3 is 19.8 Å². The molecule has 0 saturated heterocycles. The summed E-state index contributed by atoms with van der Waals surface area (Å²) in [5.74, 6) is 2.30. The van der Waals surface area contributed by atoms with Gasteiger partial charge in [-0.3, -0.25) is 0 Å². The molecule has 0 spiro atoms. The number of anilines is 1. The zero-order valence-electron chi connectivity index (χ0n) is 11.8. The maximum absolute atomic E-state index is 11.9. The molecule has 5 nitrogen and oxygen atoms in total. The summed E-state index contributed by atoms with van der Waals surface area (Å²) in [6.07, 6.45) is 0. The number of carbonyl (C=O) groups is 1. The zero-order chi connectivity index (χ0) is 14.5. The van der Waals surface area contributed by atoms with Gasteiger partial charge in [-0.05, 0) is 50.2 Å². The Hall–Kier alpha value is -2.43. The second-order valence-corrected chi connectivity index (χ2v) is 4.50. The van der Waals surface area contributed by atoms with Gasteiger partial charge in [0.15, 0.2) is 0 Å². The van der Waals surface area contributed by atoms with Crippen LogP contribution in [0.2, 0.25) is 0 Å². The molecular formula is C15H18N2O3. The van der Waals surface area contributed by atoms with Crippen molar-refractivity contribution in [3.05, 3.63) is 47.9 Å². The zero-order valence-corrected chi connectivity index (χ0v) is 11.8. The molecule has 2 aromatic rings. The Balaban J connectivity index is 1.91.